The molecule has 0 saturated carbocycles. The molecule has 0 fully saturated rings. The Kier molecular flexibility index (Phi) is 2.89. The van der Waals surface area contributed by atoms with Gasteiger partial charge in [0.25, 0.3) is 0 Å². The minimum Gasteiger partial charge on any atom is -0.334 e. The van der Waals surface area contributed by atoms with Gasteiger partial charge in [-0.3, -0.25) is 0 Å². The van der Waals surface area contributed by atoms with Crippen LogP contribution in [0.4, 0.5) is 0 Å². The largest absolute Gasteiger partial charge is 0.334 e. The molecule has 0 aromatic carbocycles. The van der Waals surface area contributed by atoms with Crippen molar-refractivity contribution < 1.29 is 0 Å². The van der Waals surface area contributed by atoms with Crippen LogP contribution in [-0.2, 0) is 19.4 Å². The second-order valence-electron chi connectivity index (χ2n) is 3.58. The van der Waals surface area contributed by atoms with E-state index >= 15 is 0 Å². The van der Waals surface area contributed by atoms with E-state index in [1.807, 2.05) is 6.33 Å². The highest BCUT2D eigenvalue weighted by Crippen LogP contribution is 2.19. The molecule has 0 spiro atoms. The molecular weight excluding hydrogens is 184 g/mol. The van der Waals surface area contributed by atoms with Crippen LogP contribution in [0.3, 0.4) is 0 Å². The minimum atomic E-state index is 0.743. The molecule has 0 radical (unpaired) electrons. The molecule has 0 aliphatic heterocycles. The van der Waals surface area contributed by atoms with Gasteiger partial charge in [0.2, 0.25) is 0 Å². The zero-order valence-corrected chi connectivity index (χ0v) is 8.56. The number of halogens is 1. The lowest BCUT2D eigenvalue weighted by Crippen LogP contribution is -2.08. The summed E-state index contributed by atoms with van der Waals surface area (Å²) in [4.78, 5) is 4.43. The van der Waals surface area contributed by atoms with Crippen molar-refractivity contribution in [3.63, 3.8) is 0 Å². The topological polar surface area (TPSA) is 17.8 Å². The second kappa shape index (κ2) is 4.14. The Balaban J connectivity index is 2.12. The Bertz CT molecular complexity index is 280. The second-order valence-corrected chi connectivity index (χ2v) is 3.96. The first-order valence-corrected chi connectivity index (χ1v) is 5.54. The summed E-state index contributed by atoms with van der Waals surface area (Å²) in [5.74, 6) is 0.743. The molecule has 2 nitrogen and oxygen atoms in total. The predicted molar refractivity (Wildman–Crippen MR) is 54.2 cm³/mol. The molecule has 0 bridgehead atoms. The minimum absolute atomic E-state index is 0.743. The van der Waals surface area contributed by atoms with Gasteiger partial charge in [-0.15, -0.1) is 11.6 Å². The van der Waals surface area contributed by atoms with E-state index in [9.17, 15) is 0 Å². The Hall–Kier alpha value is -0.500. The van der Waals surface area contributed by atoms with Gasteiger partial charge in [0.05, 0.1) is 12.0 Å². The van der Waals surface area contributed by atoms with Crippen LogP contribution in [0.15, 0.2) is 6.33 Å². The summed E-state index contributed by atoms with van der Waals surface area (Å²) in [7, 11) is 0. The molecule has 0 atom stereocenters. The number of nitrogens with zero attached hydrogens (tertiary/aromatic N) is 2. The summed E-state index contributed by atoms with van der Waals surface area (Å²) >= 11 is 5.67. The van der Waals surface area contributed by atoms with Crippen molar-refractivity contribution in [3.05, 3.63) is 17.7 Å². The lowest BCUT2D eigenvalue weighted by Gasteiger charge is -2.13. The van der Waals surface area contributed by atoms with E-state index in [-0.39, 0.29) is 0 Å². The van der Waals surface area contributed by atoms with Gasteiger partial charge in [-0.05, 0) is 32.1 Å². The Morgan fingerprint density at radius 1 is 1.38 bits per heavy atom. The first-order valence-electron chi connectivity index (χ1n) is 5.00. The maximum absolute atomic E-state index is 5.67. The van der Waals surface area contributed by atoms with Gasteiger partial charge in [0.15, 0.2) is 0 Å². The smallest absolute Gasteiger partial charge is 0.0951 e. The van der Waals surface area contributed by atoms with Crippen LogP contribution >= 0.6 is 11.6 Å². The summed E-state index contributed by atoms with van der Waals surface area (Å²) < 4.78 is 2.27. The maximum Gasteiger partial charge on any atom is 0.0951 e. The summed E-state index contributed by atoms with van der Waals surface area (Å²) in [6.45, 7) is 1.03. The quantitative estimate of drug-likeness (QED) is 0.682. The summed E-state index contributed by atoms with van der Waals surface area (Å²) in [6, 6.07) is 0. The van der Waals surface area contributed by atoms with Gasteiger partial charge >= 0.3 is 0 Å². The van der Waals surface area contributed by atoms with Gasteiger partial charge in [-0.2, -0.15) is 0 Å². The molecule has 3 heteroatoms. The number of fused-ring (bicyclic) bond motifs is 1. The van der Waals surface area contributed by atoms with Crippen LogP contribution in [0.1, 0.15) is 30.7 Å². The fraction of sp³-hybridized carbons (Fsp3) is 0.700. The molecule has 0 N–H and O–H groups in total. The fourth-order valence-corrected chi connectivity index (χ4v) is 2.07. The molecule has 1 aliphatic rings. The Morgan fingerprint density at radius 2 is 2.23 bits per heavy atom. The average molecular weight is 199 g/mol. The van der Waals surface area contributed by atoms with Gasteiger partial charge in [-0.1, -0.05) is 0 Å². The number of imidazole rings is 1. The van der Waals surface area contributed by atoms with Crippen LogP contribution < -0.4 is 0 Å². The highest BCUT2D eigenvalue weighted by Gasteiger charge is 2.14. The third-order valence-corrected chi connectivity index (χ3v) is 2.91. The standard InChI is InChI=1S/C10H15ClN2/c11-6-3-7-13-8-12-9-4-1-2-5-10(9)13/h8H,1-7H2. The van der Waals surface area contributed by atoms with Crippen molar-refractivity contribution in [2.45, 2.75) is 38.6 Å². The van der Waals surface area contributed by atoms with Gasteiger partial charge in [0.1, 0.15) is 0 Å². The average Bonchev–Trinajstić information content (AvgIpc) is 2.58. The van der Waals surface area contributed by atoms with Crippen molar-refractivity contribution in [3.8, 4) is 0 Å². The van der Waals surface area contributed by atoms with E-state index < -0.39 is 0 Å². The highest BCUT2D eigenvalue weighted by molar-refractivity contribution is 6.17. The van der Waals surface area contributed by atoms with Crippen LogP contribution in [0.25, 0.3) is 0 Å². The van der Waals surface area contributed by atoms with Crippen LogP contribution in [-0.4, -0.2) is 15.4 Å². The molecule has 1 aromatic rings. The summed E-state index contributed by atoms with van der Waals surface area (Å²) in [6.07, 6.45) is 8.02. The third-order valence-electron chi connectivity index (χ3n) is 2.64. The first-order chi connectivity index (χ1) is 6.42. The van der Waals surface area contributed by atoms with E-state index in [4.69, 9.17) is 11.6 Å². The SMILES string of the molecule is ClCCCn1cnc2c1CCCC2. The number of hydrogen-bond donors (Lipinski definition) is 0. The molecular formula is C10H15ClN2. The number of hydrogen-bond acceptors (Lipinski definition) is 1. The van der Waals surface area contributed by atoms with Crippen molar-refractivity contribution in [1.29, 1.82) is 0 Å². The van der Waals surface area contributed by atoms with Crippen molar-refractivity contribution in [2.75, 3.05) is 5.88 Å². The Morgan fingerprint density at radius 3 is 3.08 bits per heavy atom. The van der Waals surface area contributed by atoms with Gasteiger partial charge in [0, 0.05) is 18.1 Å². The van der Waals surface area contributed by atoms with Crippen molar-refractivity contribution in [2.24, 2.45) is 0 Å². The molecule has 0 amide bonds. The van der Waals surface area contributed by atoms with E-state index in [0.29, 0.717) is 0 Å². The van der Waals surface area contributed by atoms with Crippen molar-refractivity contribution >= 4 is 11.6 Å². The van der Waals surface area contributed by atoms with E-state index in [0.717, 1.165) is 18.8 Å². The molecule has 2 rings (SSSR count). The number of aromatic nitrogens is 2. The third kappa shape index (κ3) is 1.88. The molecule has 13 heavy (non-hydrogen) atoms. The zero-order chi connectivity index (χ0) is 9.10. The number of alkyl halides is 1. The van der Waals surface area contributed by atoms with E-state index in [2.05, 4.69) is 9.55 Å². The maximum atomic E-state index is 5.67. The fourth-order valence-electron chi connectivity index (χ4n) is 1.95. The lowest BCUT2D eigenvalue weighted by atomic mass is 10.0. The zero-order valence-electron chi connectivity index (χ0n) is 7.80. The molecule has 1 heterocycles. The monoisotopic (exact) mass is 198 g/mol. The molecule has 1 aliphatic carbocycles. The van der Waals surface area contributed by atoms with Crippen LogP contribution in [0.2, 0.25) is 0 Å². The van der Waals surface area contributed by atoms with Crippen molar-refractivity contribution in [1.82, 2.24) is 9.55 Å². The number of aryl methyl sites for hydroxylation is 2. The molecule has 0 saturated heterocycles. The summed E-state index contributed by atoms with van der Waals surface area (Å²) in [5.41, 5.74) is 2.78. The normalized spacial score (nSPS) is 15.8. The first kappa shape index (κ1) is 9.07. The molecule has 1 aromatic heterocycles. The Labute approximate surface area is 83.9 Å². The van der Waals surface area contributed by atoms with Gasteiger partial charge in [-0.25, -0.2) is 4.98 Å². The van der Waals surface area contributed by atoms with Crippen LogP contribution in [0, 0.1) is 0 Å². The van der Waals surface area contributed by atoms with Crippen LogP contribution in [0.5, 0.6) is 0 Å². The molecule has 0 unspecified atom stereocenters. The van der Waals surface area contributed by atoms with E-state index in [1.165, 1.54) is 37.1 Å². The van der Waals surface area contributed by atoms with E-state index in [1.54, 1.807) is 0 Å². The predicted octanol–water partition coefficient (Wildman–Crippen LogP) is 2.39. The highest BCUT2D eigenvalue weighted by atomic mass is 35.5. The number of rotatable bonds is 3. The molecule has 72 valence electrons. The summed E-state index contributed by atoms with van der Waals surface area (Å²) in [5, 5.41) is 0. The lowest BCUT2D eigenvalue weighted by molar-refractivity contribution is 0.597. The van der Waals surface area contributed by atoms with Gasteiger partial charge < -0.3 is 4.57 Å².